The van der Waals surface area contributed by atoms with Crippen molar-refractivity contribution in [3.8, 4) is 11.5 Å². The van der Waals surface area contributed by atoms with Crippen molar-refractivity contribution in [3.63, 3.8) is 0 Å². The van der Waals surface area contributed by atoms with Crippen LogP contribution in [-0.4, -0.2) is 25.7 Å². The molecule has 1 aromatic heterocycles. The third kappa shape index (κ3) is 4.26. The molecule has 0 spiro atoms. The van der Waals surface area contributed by atoms with Crippen LogP contribution >= 0.6 is 0 Å². The molecule has 0 fully saturated rings. The normalized spacial score (nSPS) is 11.8. The zero-order chi connectivity index (χ0) is 15.9. The maximum Gasteiger partial charge on any atom is 0.254 e. The molecule has 0 saturated heterocycles. The van der Waals surface area contributed by atoms with E-state index in [1.807, 2.05) is 25.1 Å². The Morgan fingerprint density at radius 2 is 2.14 bits per heavy atom. The lowest BCUT2D eigenvalue weighted by atomic mass is 10.2. The van der Waals surface area contributed by atoms with E-state index >= 15 is 0 Å². The summed E-state index contributed by atoms with van der Waals surface area (Å²) in [5.74, 6) is 1.77. The van der Waals surface area contributed by atoms with Gasteiger partial charge in [-0.15, -0.1) is 0 Å². The van der Waals surface area contributed by atoms with Crippen LogP contribution in [0.25, 0.3) is 0 Å². The predicted octanol–water partition coefficient (Wildman–Crippen LogP) is 1.94. The molecule has 0 aliphatic heterocycles. The highest BCUT2D eigenvalue weighted by atomic mass is 16.5. The summed E-state index contributed by atoms with van der Waals surface area (Å²) < 4.78 is 16.0. The van der Waals surface area contributed by atoms with Crippen LogP contribution in [0.1, 0.15) is 23.0 Å². The first kappa shape index (κ1) is 15.9. The molecule has 3 N–H and O–H groups in total. The van der Waals surface area contributed by atoms with E-state index in [-0.39, 0.29) is 18.6 Å². The number of rotatable bonds is 7. The van der Waals surface area contributed by atoms with Gasteiger partial charge in [0.25, 0.3) is 5.91 Å². The highest BCUT2D eigenvalue weighted by molar-refractivity contribution is 5.93. The fourth-order valence-corrected chi connectivity index (χ4v) is 1.89. The van der Waals surface area contributed by atoms with Crippen molar-refractivity contribution >= 4 is 5.91 Å². The first-order valence-corrected chi connectivity index (χ1v) is 6.98. The van der Waals surface area contributed by atoms with Gasteiger partial charge in [-0.1, -0.05) is 6.07 Å². The number of hydrogen-bond acceptors (Lipinski definition) is 5. The molecule has 1 atom stereocenters. The summed E-state index contributed by atoms with van der Waals surface area (Å²) in [5, 5.41) is 2.79. The number of furan rings is 1. The lowest BCUT2D eigenvalue weighted by molar-refractivity contribution is 0.0931. The molecule has 0 aliphatic carbocycles. The number of carbonyl (C=O) groups is 1. The van der Waals surface area contributed by atoms with Crippen LogP contribution in [0.3, 0.4) is 0 Å². The van der Waals surface area contributed by atoms with Gasteiger partial charge in [-0.2, -0.15) is 0 Å². The Morgan fingerprint density at radius 1 is 1.36 bits per heavy atom. The number of hydrogen-bond donors (Lipinski definition) is 2. The second-order valence-electron chi connectivity index (χ2n) is 4.82. The summed E-state index contributed by atoms with van der Waals surface area (Å²) in [4.78, 5) is 11.9. The van der Waals surface area contributed by atoms with Gasteiger partial charge in [0.15, 0.2) is 0 Å². The van der Waals surface area contributed by atoms with E-state index in [1.54, 1.807) is 19.2 Å². The van der Waals surface area contributed by atoms with Gasteiger partial charge in [0.05, 0.1) is 25.8 Å². The van der Waals surface area contributed by atoms with E-state index in [0.717, 1.165) is 5.75 Å². The van der Waals surface area contributed by atoms with Gasteiger partial charge in [-0.05, 0) is 25.1 Å². The quantitative estimate of drug-likeness (QED) is 0.816. The molecule has 1 aromatic carbocycles. The molecule has 0 radical (unpaired) electrons. The van der Waals surface area contributed by atoms with Crippen molar-refractivity contribution in [2.75, 3.05) is 13.7 Å². The number of amides is 1. The van der Waals surface area contributed by atoms with Crippen molar-refractivity contribution in [1.82, 2.24) is 5.32 Å². The number of nitrogens with one attached hydrogen (secondary N) is 1. The molecule has 6 heteroatoms. The molecule has 1 heterocycles. The van der Waals surface area contributed by atoms with Crippen molar-refractivity contribution < 1.29 is 18.7 Å². The fraction of sp³-hybridized carbons (Fsp3) is 0.312. The van der Waals surface area contributed by atoms with Crippen LogP contribution in [-0.2, 0) is 6.54 Å². The van der Waals surface area contributed by atoms with Crippen LogP contribution in [0.5, 0.6) is 11.5 Å². The Bertz CT molecular complexity index is 624. The minimum absolute atomic E-state index is 0.183. The van der Waals surface area contributed by atoms with Crippen LogP contribution in [0.15, 0.2) is 41.0 Å². The highest BCUT2D eigenvalue weighted by Gasteiger charge is 2.12. The standard InChI is InChI=1S/C16H20N2O4/c1-11(22-14-5-3-4-13(7-14)20-2)9-18-16(19)12-6-15(8-17)21-10-12/h3-7,10-11H,8-9,17H2,1-2H3,(H,18,19). The zero-order valence-electron chi connectivity index (χ0n) is 12.7. The SMILES string of the molecule is COc1cccc(OC(C)CNC(=O)c2coc(CN)c2)c1. The first-order valence-electron chi connectivity index (χ1n) is 6.98. The number of ether oxygens (including phenoxy) is 2. The molecule has 0 bridgehead atoms. The average Bonchev–Trinajstić information content (AvgIpc) is 3.02. The number of benzene rings is 1. The lowest BCUT2D eigenvalue weighted by Gasteiger charge is -2.15. The summed E-state index contributed by atoms with van der Waals surface area (Å²) in [7, 11) is 1.60. The third-order valence-electron chi connectivity index (χ3n) is 3.05. The number of carbonyl (C=O) groups excluding carboxylic acids is 1. The van der Waals surface area contributed by atoms with Crippen LogP contribution in [0.2, 0.25) is 0 Å². The average molecular weight is 304 g/mol. The smallest absolute Gasteiger partial charge is 0.254 e. The van der Waals surface area contributed by atoms with Gasteiger partial charge in [-0.25, -0.2) is 0 Å². The Kier molecular flexibility index (Phi) is 5.43. The van der Waals surface area contributed by atoms with Gasteiger partial charge in [-0.3, -0.25) is 4.79 Å². The van der Waals surface area contributed by atoms with Crippen LogP contribution < -0.4 is 20.5 Å². The summed E-state index contributed by atoms with van der Waals surface area (Å²) >= 11 is 0. The zero-order valence-corrected chi connectivity index (χ0v) is 12.7. The Hall–Kier alpha value is -2.47. The second-order valence-corrected chi connectivity index (χ2v) is 4.82. The minimum atomic E-state index is -0.218. The van der Waals surface area contributed by atoms with E-state index in [0.29, 0.717) is 23.6 Å². The molecule has 118 valence electrons. The molecule has 2 rings (SSSR count). The number of methoxy groups -OCH3 is 1. The summed E-state index contributed by atoms with van der Waals surface area (Å²) in [6.07, 6.45) is 1.21. The molecule has 1 amide bonds. The van der Waals surface area contributed by atoms with Crippen molar-refractivity contribution in [3.05, 3.63) is 47.9 Å². The van der Waals surface area contributed by atoms with E-state index in [2.05, 4.69) is 5.32 Å². The first-order chi connectivity index (χ1) is 10.6. The Morgan fingerprint density at radius 3 is 2.82 bits per heavy atom. The second kappa shape index (κ2) is 7.51. The molecule has 22 heavy (non-hydrogen) atoms. The predicted molar refractivity (Wildman–Crippen MR) is 82.0 cm³/mol. The topological polar surface area (TPSA) is 86.7 Å². The third-order valence-corrected chi connectivity index (χ3v) is 3.05. The molecule has 0 saturated carbocycles. The molecule has 2 aromatic rings. The molecule has 0 aliphatic rings. The monoisotopic (exact) mass is 304 g/mol. The fourth-order valence-electron chi connectivity index (χ4n) is 1.89. The lowest BCUT2D eigenvalue weighted by Crippen LogP contribution is -2.33. The molecule has 6 nitrogen and oxygen atoms in total. The van der Waals surface area contributed by atoms with Gasteiger partial charge < -0.3 is 24.9 Å². The van der Waals surface area contributed by atoms with Gasteiger partial charge in [0.2, 0.25) is 0 Å². The van der Waals surface area contributed by atoms with Crippen LogP contribution in [0, 0.1) is 0 Å². The number of nitrogens with two attached hydrogens (primary N) is 1. The van der Waals surface area contributed by atoms with E-state index in [1.165, 1.54) is 6.26 Å². The van der Waals surface area contributed by atoms with Crippen molar-refractivity contribution in [2.24, 2.45) is 5.73 Å². The van der Waals surface area contributed by atoms with E-state index in [9.17, 15) is 4.79 Å². The Balaban J connectivity index is 1.84. The van der Waals surface area contributed by atoms with E-state index < -0.39 is 0 Å². The van der Waals surface area contributed by atoms with Gasteiger partial charge in [0, 0.05) is 6.07 Å². The maximum absolute atomic E-state index is 11.9. The summed E-state index contributed by atoms with van der Waals surface area (Å²) in [5.41, 5.74) is 5.89. The maximum atomic E-state index is 11.9. The summed E-state index contributed by atoms with van der Waals surface area (Å²) in [6, 6.07) is 8.95. The van der Waals surface area contributed by atoms with Crippen molar-refractivity contribution in [1.29, 1.82) is 0 Å². The molecular formula is C16H20N2O4. The van der Waals surface area contributed by atoms with Gasteiger partial charge in [0.1, 0.15) is 29.6 Å². The highest BCUT2D eigenvalue weighted by Crippen LogP contribution is 2.19. The summed E-state index contributed by atoms with van der Waals surface area (Å²) in [6.45, 7) is 2.52. The molecule has 1 unspecified atom stereocenters. The minimum Gasteiger partial charge on any atom is -0.497 e. The van der Waals surface area contributed by atoms with Crippen LogP contribution in [0.4, 0.5) is 0 Å². The van der Waals surface area contributed by atoms with E-state index in [4.69, 9.17) is 19.6 Å². The largest absolute Gasteiger partial charge is 0.497 e. The molecular weight excluding hydrogens is 284 g/mol. The van der Waals surface area contributed by atoms with Crippen molar-refractivity contribution in [2.45, 2.75) is 19.6 Å². The van der Waals surface area contributed by atoms with Gasteiger partial charge >= 0.3 is 0 Å². The Labute approximate surface area is 129 Å².